The molecule has 0 heterocycles. The second-order valence-corrected chi connectivity index (χ2v) is 5.41. The van der Waals surface area contributed by atoms with Gasteiger partial charge in [-0.3, -0.25) is 4.79 Å². The lowest BCUT2D eigenvalue weighted by Crippen LogP contribution is -2.31. The van der Waals surface area contributed by atoms with Gasteiger partial charge < -0.3 is 11.1 Å². The molecule has 0 aliphatic heterocycles. The van der Waals surface area contributed by atoms with E-state index in [1.807, 2.05) is 55.5 Å². The largest absolute Gasteiger partial charge is 0.330 e. The second kappa shape index (κ2) is 7.04. The summed E-state index contributed by atoms with van der Waals surface area (Å²) in [5.41, 5.74) is 10.1. The van der Waals surface area contributed by atoms with E-state index in [1.165, 1.54) is 11.1 Å². The molecule has 0 aromatic heterocycles. The number of anilines is 1. The van der Waals surface area contributed by atoms with E-state index in [1.54, 1.807) is 0 Å². The number of benzene rings is 2. The first kappa shape index (κ1) is 15.3. The summed E-state index contributed by atoms with van der Waals surface area (Å²) in [6.45, 7) is 4.43. The van der Waals surface area contributed by atoms with Crippen LogP contribution in [0.4, 0.5) is 5.69 Å². The third-order valence-electron chi connectivity index (χ3n) is 3.75. The van der Waals surface area contributed by atoms with Gasteiger partial charge in [-0.2, -0.15) is 0 Å². The number of hydrogen-bond acceptors (Lipinski definition) is 2. The molecule has 2 rings (SSSR count). The van der Waals surface area contributed by atoms with Crippen LogP contribution in [-0.2, 0) is 11.2 Å². The highest BCUT2D eigenvalue weighted by Crippen LogP contribution is 2.16. The van der Waals surface area contributed by atoms with Crippen molar-refractivity contribution in [2.45, 2.75) is 20.3 Å². The molecule has 0 aliphatic rings. The molecule has 0 fully saturated rings. The van der Waals surface area contributed by atoms with Crippen LogP contribution in [0.3, 0.4) is 0 Å². The number of amides is 1. The van der Waals surface area contributed by atoms with E-state index < -0.39 is 0 Å². The van der Waals surface area contributed by atoms with Gasteiger partial charge in [0.1, 0.15) is 0 Å². The van der Waals surface area contributed by atoms with Crippen molar-refractivity contribution < 1.29 is 4.79 Å². The normalized spacial score (nSPS) is 12.0. The van der Waals surface area contributed by atoms with Crippen molar-refractivity contribution in [3.8, 4) is 0 Å². The fourth-order valence-corrected chi connectivity index (χ4v) is 2.25. The van der Waals surface area contributed by atoms with Crippen LogP contribution in [0.1, 0.15) is 16.7 Å². The molecule has 110 valence electrons. The molecule has 1 amide bonds. The Morgan fingerprint density at radius 2 is 1.81 bits per heavy atom. The number of carbonyl (C=O) groups is 1. The molecular formula is C18H22N2O. The maximum atomic E-state index is 12.4. The quantitative estimate of drug-likeness (QED) is 0.885. The molecule has 0 saturated carbocycles. The van der Waals surface area contributed by atoms with Crippen LogP contribution in [-0.4, -0.2) is 12.5 Å². The Morgan fingerprint density at radius 3 is 2.43 bits per heavy atom. The zero-order valence-corrected chi connectivity index (χ0v) is 12.6. The van der Waals surface area contributed by atoms with Gasteiger partial charge in [-0.1, -0.05) is 36.4 Å². The maximum absolute atomic E-state index is 12.4. The molecule has 0 aliphatic carbocycles. The number of hydrogen-bond donors (Lipinski definition) is 2. The number of nitrogens with two attached hydrogens (primary N) is 1. The minimum Gasteiger partial charge on any atom is -0.330 e. The van der Waals surface area contributed by atoms with Crippen molar-refractivity contribution in [3.63, 3.8) is 0 Å². The van der Waals surface area contributed by atoms with Gasteiger partial charge in [0.25, 0.3) is 0 Å². The highest BCUT2D eigenvalue weighted by atomic mass is 16.1. The molecule has 0 bridgehead atoms. The molecule has 0 saturated heterocycles. The lowest BCUT2D eigenvalue weighted by atomic mass is 9.98. The van der Waals surface area contributed by atoms with Gasteiger partial charge in [0.05, 0.1) is 5.92 Å². The Kier molecular flexibility index (Phi) is 5.12. The minimum atomic E-state index is -0.214. The first-order chi connectivity index (χ1) is 10.1. The molecule has 2 aromatic rings. The molecule has 0 spiro atoms. The lowest BCUT2D eigenvalue weighted by Gasteiger charge is -2.15. The van der Waals surface area contributed by atoms with Crippen LogP contribution < -0.4 is 11.1 Å². The average molecular weight is 282 g/mol. The first-order valence-electron chi connectivity index (χ1n) is 7.22. The van der Waals surface area contributed by atoms with Crippen LogP contribution >= 0.6 is 0 Å². The van der Waals surface area contributed by atoms with E-state index in [4.69, 9.17) is 5.73 Å². The van der Waals surface area contributed by atoms with Gasteiger partial charge in [-0.15, -0.1) is 0 Å². The predicted molar refractivity (Wildman–Crippen MR) is 87.2 cm³/mol. The van der Waals surface area contributed by atoms with E-state index in [-0.39, 0.29) is 11.8 Å². The van der Waals surface area contributed by atoms with E-state index >= 15 is 0 Å². The van der Waals surface area contributed by atoms with Crippen molar-refractivity contribution in [2.24, 2.45) is 11.7 Å². The van der Waals surface area contributed by atoms with Crippen molar-refractivity contribution in [1.82, 2.24) is 0 Å². The SMILES string of the molecule is Cc1ccc(NC(=O)C(CN)Cc2ccccc2)cc1C. The number of nitrogens with one attached hydrogen (secondary N) is 1. The van der Waals surface area contributed by atoms with E-state index in [0.717, 1.165) is 11.3 Å². The standard InChI is InChI=1S/C18H22N2O/c1-13-8-9-17(10-14(13)2)20-18(21)16(12-19)11-15-6-4-3-5-7-15/h3-10,16H,11-12,19H2,1-2H3,(H,20,21). The first-order valence-corrected chi connectivity index (χ1v) is 7.22. The molecule has 3 heteroatoms. The van der Waals surface area contributed by atoms with Crippen molar-refractivity contribution in [2.75, 3.05) is 11.9 Å². The topological polar surface area (TPSA) is 55.1 Å². The Bertz CT molecular complexity index is 608. The molecule has 2 aromatic carbocycles. The summed E-state index contributed by atoms with van der Waals surface area (Å²) in [5, 5.41) is 2.96. The van der Waals surface area contributed by atoms with Crippen molar-refractivity contribution in [3.05, 3.63) is 65.2 Å². The van der Waals surface area contributed by atoms with Gasteiger partial charge in [-0.25, -0.2) is 0 Å². The van der Waals surface area contributed by atoms with Crippen LogP contribution in [0.2, 0.25) is 0 Å². The molecule has 0 radical (unpaired) electrons. The summed E-state index contributed by atoms with van der Waals surface area (Å²) in [6.07, 6.45) is 0.661. The zero-order valence-electron chi connectivity index (χ0n) is 12.6. The molecule has 1 atom stereocenters. The molecule has 1 unspecified atom stereocenters. The fourth-order valence-electron chi connectivity index (χ4n) is 2.25. The van der Waals surface area contributed by atoms with E-state index in [9.17, 15) is 4.79 Å². The third kappa shape index (κ3) is 4.17. The Morgan fingerprint density at radius 1 is 1.10 bits per heavy atom. The van der Waals surface area contributed by atoms with Crippen LogP contribution in [0.5, 0.6) is 0 Å². The molecular weight excluding hydrogens is 260 g/mol. The van der Waals surface area contributed by atoms with Crippen LogP contribution in [0.25, 0.3) is 0 Å². The van der Waals surface area contributed by atoms with Crippen molar-refractivity contribution in [1.29, 1.82) is 0 Å². The summed E-state index contributed by atoms with van der Waals surface area (Å²) < 4.78 is 0. The van der Waals surface area contributed by atoms with Gasteiger partial charge in [-0.05, 0) is 49.1 Å². The Hall–Kier alpha value is -2.13. The van der Waals surface area contributed by atoms with E-state index in [0.29, 0.717) is 13.0 Å². The fraction of sp³-hybridized carbons (Fsp3) is 0.278. The Balaban J connectivity index is 2.04. The minimum absolute atomic E-state index is 0.0235. The average Bonchev–Trinajstić information content (AvgIpc) is 2.49. The monoisotopic (exact) mass is 282 g/mol. The van der Waals surface area contributed by atoms with Gasteiger partial charge in [0.2, 0.25) is 5.91 Å². The maximum Gasteiger partial charge on any atom is 0.229 e. The van der Waals surface area contributed by atoms with Crippen LogP contribution in [0.15, 0.2) is 48.5 Å². The molecule has 21 heavy (non-hydrogen) atoms. The van der Waals surface area contributed by atoms with Crippen LogP contribution in [0, 0.1) is 19.8 Å². The smallest absolute Gasteiger partial charge is 0.229 e. The number of aryl methyl sites for hydroxylation is 2. The van der Waals surface area contributed by atoms with Gasteiger partial charge in [0, 0.05) is 12.2 Å². The summed E-state index contributed by atoms with van der Waals surface area (Å²) >= 11 is 0. The highest BCUT2D eigenvalue weighted by Gasteiger charge is 2.17. The summed E-state index contributed by atoms with van der Waals surface area (Å²) in [4.78, 5) is 12.4. The summed E-state index contributed by atoms with van der Waals surface area (Å²) in [6, 6.07) is 15.9. The number of rotatable bonds is 5. The number of carbonyl (C=O) groups excluding carboxylic acids is 1. The Labute approximate surface area is 126 Å². The predicted octanol–water partition coefficient (Wildman–Crippen LogP) is 3.06. The van der Waals surface area contributed by atoms with Gasteiger partial charge >= 0.3 is 0 Å². The van der Waals surface area contributed by atoms with Gasteiger partial charge in [0.15, 0.2) is 0 Å². The molecule has 3 N–H and O–H groups in total. The van der Waals surface area contributed by atoms with Crippen molar-refractivity contribution >= 4 is 11.6 Å². The summed E-state index contributed by atoms with van der Waals surface area (Å²) in [7, 11) is 0. The lowest BCUT2D eigenvalue weighted by molar-refractivity contribution is -0.119. The summed E-state index contributed by atoms with van der Waals surface area (Å²) in [5.74, 6) is -0.237. The second-order valence-electron chi connectivity index (χ2n) is 5.41. The molecule has 3 nitrogen and oxygen atoms in total. The highest BCUT2D eigenvalue weighted by molar-refractivity contribution is 5.93. The zero-order chi connectivity index (χ0) is 15.2. The third-order valence-corrected chi connectivity index (χ3v) is 3.75. The van der Waals surface area contributed by atoms with E-state index in [2.05, 4.69) is 12.2 Å².